The maximum atomic E-state index is 14.8. The smallest absolute Gasteiger partial charge is 0.142 e. The van der Waals surface area contributed by atoms with Crippen molar-refractivity contribution in [2.45, 2.75) is 12.8 Å². The van der Waals surface area contributed by atoms with E-state index in [1.165, 1.54) is 29.8 Å². The van der Waals surface area contributed by atoms with Gasteiger partial charge in [0.2, 0.25) is 0 Å². The Morgan fingerprint density at radius 2 is 1.33 bits per heavy atom. The molecule has 0 unspecified atom stereocenters. The van der Waals surface area contributed by atoms with Gasteiger partial charge in [0, 0.05) is 0 Å². The molecule has 4 aromatic rings. The maximum absolute atomic E-state index is 14.8. The van der Waals surface area contributed by atoms with Crippen LogP contribution in [0.15, 0.2) is 79.4 Å². The van der Waals surface area contributed by atoms with Crippen LogP contribution in [0.4, 0.5) is 13.2 Å². The molecule has 0 saturated heterocycles. The highest BCUT2D eigenvalue weighted by molar-refractivity contribution is 6.30. The molecule has 0 radical (unpaired) electrons. The summed E-state index contributed by atoms with van der Waals surface area (Å²) in [6.07, 6.45) is 3.72. The van der Waals surface area contributed by atoms with Gasteiger partial charge in [0.1, 0.15) is 17.5 Å². The van der Waals surface area contributed by atoms with E-state index in [2.05, 4.69) is 18.7 Å². The second kappa shape index (κ2) is 8.37. The number of rotatable bonds is 5. The molecule has 0 aliphatic heterocycles. The van der Waals surface area contributed by atoms with E-state index in [0.29, 0.717) is 11.1 Å². The number of hydrogen-bond donors (Lipinski definition) is 0. The highest BCUT2D eigenvalue weighted by Gasteiger charge is 2.16. The zero-order valence-electron chi connectivity index (χ0n) is 16.1. The Hall–Kier alpha value is -3.04. The summed E-state index contributed by atoms with van der Waals surface area (Å²) in [7, 11) is 0. The molecule has 0 N–H and O–H groups in total. The Morgan fingerprint density at radius 1 is 0.700 bits per heavy atom. The highest BCUT2D eigenvalue weighted by atomic mass is 35.5. The van der Waals surface area contributed by atoms with Gasteiger partial charge in [-0.3, -0.25) is 0 Å². The molecule has 0 atom stereocenters. The molecule has 4 heteroatoms. The van der Waals surface area contributed by atoms with Gasteiger partial charge in [0.05, 0.1) is 10.6 Å². The van der Waals surface area contributed by atoms with Gasteiger partial charge in [-0.1, -0.05) is 54.1 Å². The normalized spacial score (nSPS) is 11.1. The minimum atomic E-state index is -0.758. The van der Waals surface area contributed by atoms with Crippen LogP contribution < -0.4 is 0 Å². The van der Waals surface area contributed by atoms with E-state index in [-0.39, 0.29) is 16.1 Å². The van der Waals surface area contributed by atoms with Crippen molar-refractivity contribution in [1.82, 2.24) is 0 Å². The first kappa shape index (κ1) is 20.2. The molecule has 4 rings (SSSR count). The van der Waals surface area contributed by atoms with Crippen molar-refractivity contribution in [2.24, 2.45) is 0 Å². The van der Waals surface area contributed by atoms with Gasteiger partial charge in [0.25, 0.3) is 0 Å². The minimum Gasteiger partial charge on any atom is -0.206 e. The van der Waals surface area contributed by atoms with Crippen molar-refractivity contribution >= 4 is 22.4 Å². The zero-order valence-corrected chi connectivity index (χ0v) is 16.8. The summed E-state index contributed by atoms with van der Waals surface area (Å²) in [6.45, 7) is 3.75. The van der Waals surface area contributed by atoms with Gasteiger partial charge in [0.15, 0.2) is 0 Å². The third-order valence-corrected chi connectivity index (χ3v) is 5.43. The molecular formula is C26H18ClF3. The van der Waals surface area contributed by atoms with Crippen molar-refractivity contribution in [3.8, 4) is 22.3 Å². The largest absolute Gasteiger partial charge is 0.206 e. The van der Waals surface area contributed by atoms with Crippen molar-refractivity contribution < 1.29 is 13.2 Å². The maximum Gasteiger partial charge on any atom is 0.142 e. The molecule has 0 aromatic heterocycles. The molecule has 0 saturated carbocycles. The van der Waals surface area contributed by atoms with Gasteiger partial charge >= 0.3 is 0 Å². The molecule has 4 aromatic carbocycles. The van der Waals surface area contributed by atoms with Crippen molar-refractivity contribution in [3.63, 3.8) is 0 Å². The lowest BCUT2D eigenvalue weighted by atomic mass is 9.96. The molecule has 0 aliphatic carbocycles. The number of halogens is 4. The van der Waals surface area contributed by atoms with E-state index < -0.39 is 17.5 Å². The lowest BCUT2D eigenvalue weighted by molar-refractivity contribution is 0.589. The van der Waals surface area contributed by atoms with Crippen molar-refractivity contribution in [1.29, 1.82) is 0 Å². The summed E-state index contributed by atoms with van der Waals surface area (Å²) in [5.74, 6) is -2.24. The zero-order chi connectivity index (χ0) is 21.3. The average molecular weight is 423 g/mol. The molecular weight excluding hydrogens is 405 g/mol. The van der Waals surface area contributed by atoms with Crippen molar-refractivity contribution in [3.05, 3.63) is 107 Å². The number of benzene rings is 4. The van der Waals surface area contributed by atoms with E-state index in [4.69, 9.17) is 11.6 Å². The molecule has 0 amide bonds. The van der Waals surface area contributed by atoms with Crippen LogP contribution in [0.3, 0.4) is 0 Å². The molecule has 0 bridgehead atoms. The topological polar surface area (TPSA) is 0 Å². The van der Waals surface area contributed by atoms with E-state index >= 15 is 0 Å². The lowest BCUT2D eigenvalue weighted by Gasteiger charge is -2.11. The first-order valence-electron chi connectivity index (χ1n) is 9.54. The van der Waals surface area contributed by atoms with Gasteiger partial charge < -0.3 is 0 Å². The average Bonchev–Trinajstić information content (AvgIpc) is 2.73. The first-order chi connectivity index (χ1) is 14.5. The molecule has 0 nitrogen and oxygen atoms in total. The molecule has 0 spiro atoms. The molecule has 0 aliphatic rings. The Labute approximate surface area is 178 Å². The number of hydrogen-bond acceptors (Lipinski definition) is 0. The van der Waals surface area contributed by atoms with Gasteiger partial charge in [-0.2, -0.15) is 0 Å². The van der Waals surface area contributed by atoms with Gasteiger partial charge in [-0.05, 0) is 76.2 Å². The summed E-state index contributed by atoms with van der Waals surface area (Å²) >= 11 is 5.67. The third-order valence-electron chi connectivity index (χ3n) is 5.13. The molecule has 150 valence electrons. The summed E-state index contributed by atoms with van der Waals surface area (Å²) in [6, 6.07) is 18.1. The SMILES string of the molecule is C=CCCc1ccc2cc(-c3cc(F)c(-c4ccc(Cl)c(F)c4)c(F)c3)ccc2c1. The monoisotopic (exact) mass is 422 g/mol. The van der Waals surface area contributed by atoms with Crippen LogP contribution in [-0.4, -0.2) is 0 Å². The van der Waals surface area contributed by atoms with Crippen molar-refractivity contribution in [2.75, 3.05) is 0 Å². The van der Waals surface area contributed by atoms with Crippen LogP contribution in [0.2, 0.25) is 5.02 Å². The van der Waals surface area contributed by atoms with Crippen LogP contribution in [0.5, 0.6) is 0 Å². The van der Waals surface area contributed by atoms with Gasteiger partial charge in [-0.25, -0.2) is 13.2 Å². The van der Waals surface area contributed by atoms with Crippen LogP contribution in [0.1, 0.15) is 12.0 Å². The Morgan fingerprint density at radius 3 is 2.03 bits per heavy atom. The van der Waals surface area contributed by atoms with Gasteiger partial charge in [-0.15, -0.1) is 6.58 Å². The second-order valence-corrected chi connectivity index (χ2v) is 7.57. The Kier molecular flexibility index (Phi) is 5.65. The van der Waals surface area contributed by atoms with E-state index in [9.17, 15) is 13.2 Å². The van der Waals surface area contributed by atoms with E-state index in [1.807, 2.05) is 30.3 Å². The molecule has 30 heavy (non-hydrogen) atoms. The third kappa shape index (κ3) is 3.99. The second-order valence-electron chi connectivity index (χ2n) is 7.17. The van der Waals surface area contributed by atoms with Crippen LogP contribution in [0.25, 0.3) is 33.0 Å². The quantitative estimate of drug-likeness (QED) is 0.283. The Balaban J connectivity index is 1.72. The highest BCUT2D eigenvalue weighted by Crippen LogP contribution is 2.33. The summed E-state index contributed by atoms with van der Waals surface area (Å²) in [5, 5.41) is 1.95. The fourth-order valence-electron chi connectivity index (χ4n) is 3.57. The summed E-state index contributed by atoms with van der Waals surface area (Å²) < 4.78 is 43.3. The fourth-order valence-corrected chi connectivity index (χ4v) is 3.68. The number of aryl methyl sites for hydroxylation is 1. The van der Waals surface area contributed by atoms with Crippen LogP contribution in [0, 0.1) is 17.5 Å². The predicted molar refractivity (Wildman–Crippen MR) is 118 cm³/mol. The molecule has 0 heterocycles. The summed E-state index contributed by atoms with van der Waals surface area (Å²) in [5.41, 5.74) is 2.16. The standard InChI is InChI=1S/C26H18ClF3/c1-2-3-4-16-5-6-18-12-19(8-7-17(18)11-16)21-14-24(29)26(25(30)15-21)20-9-10-22(27)23(28)13-20/h2,5-15H,1,3-4H2. The summed E-state index contributed by atoms with van der Waals surface area (Å²) in [4.78, 5) is 0. The van der Waals surface area contributed by atoms with Crippen LogP contribution >= 0.6 is 11.6 Å². The molecule has 0 fully saturated rings. The number of allylic oxidation sites excluding steroid dienone is 1. The minimum absolute atomic E-state index is 0.0972. The van der Waals surface area contributed by atoms with Crippen LogP contribution in [-0.2, 0) is 6.42 Å². The van der Waals surface area contributed by atoms with E-state index in [1.54, 1.807) is 0 Å². The lowest BCUT2D eigenvalue weighted by Crippen LogP contribution is -1.93. The fraction of sp³-hybridized carbons (Fsp3) is 0.0769. The van der Waals surface area contributed by atoms with E-state index in [0.717, 1.165) is 29.7 Å². The first-order valence-corrected chi connectivity index (χ1v) is 9.92. The number of fused-ring (bicyclic) bond motifs is 1. The predicted octanol–water partition coefficient (Wildman–Crippen LogP) is 8.36. The Bertz CT molecular complexity index is 1240.